The molecule has 0 radical (unpaired) electrons. The molecule has 4 aliphatic heterocycles. The van der Waals surface area contributed by atoms with Crippen molar-refractivity contribution in [3.8, 4) is 43.8 Å². The van der Waals surface area contributed by atoms with Crippen LogP contribution in [0.1, 0.15) is 145 Å². The molecule has 1 N–H and O–H groups in total. The molecule has 2 fully saturated rings. The van der Waals surface area contributed by atoms with Crippen molar-refractivity contribution in [1.82, 2.24) is 5.32 Å². The van der Waals surface area contributed by atoms with Crippen LogP contribution in [0.2, 0.25) is 0 Å². The Balaban J connectivity index is 1.06. The Hall–Kier alpha value is -4.32. The van der Waals surface area contributed by atoms with Crippen LogP contribution in [0.3, 0.4) is 0 Å². The number of allylic oxidation sites excluding steroid dienone is 7. The third kappa shape index (κ3) is 14.4. The normalized spacial score (nSPS) is 28.0. The van der Waals surface area contributed by atoms with Crippen LogP contribution in [0.5, 0.6) is 0 Å². The average molecular weight is 1080 g/mol. The second-order valence-electron chi connectivity index (χ2n) is 20.7. The van der Waals surface area contributed by atoms with E-state index in [9.17, 15) is 21.0 Å². The molecule has 1 aliphatic carbocycles. The number of thioether (sulfide) groups is 2. The topological polar surface area (TPSA) is 150 Å². The molecular formula is C60H71N7O2S5. The molecule has 5 aliphatic rings. The molecule has 0 amide bonds. The van der Waals surface area contributed by atoms with E-state index in [0.29, 0.717) is 46.0 Å². The molecule has 14 heteroatoms. The number of hydrogen-bond acceptors (Lipinski definition) is 14. The number of nitrogens with one attached hydrogen (secondary N) is 1. The minimum atomic E-state index is -0.107. The third-order valence-electron chi connectivity index (χ3n) is 15.4. The predicted octanol–water partition coefficient (Wildman–Crippen LogP) is 16.8. The van der Waals surface area contributed by atoms with Gasteiger partial charge < -0.3 is 14.8 Å². The Kier molecular flexibility index (Phi) is 20.9. The van der Waals surface area contributed by atoms with Crippen LogP contribution >= 0.6 is 57.5 Å². The van der Waals surface area contributed by atoms with Crippen molar-refractivity contribution in [1.29, 1.82) is 21.0 Å². The number of fused-ring (bicyclic) bond motifs is 2. The highest BCUT2D eigenvalue weighted by Crippen LogP contribution is 2.59. The summed E-state index contributed by atoms with van der Waals surface area (Å²) in [4.78, 5) is 7.22. The van der Waals surface area contributed by atoms with Gasteiger partial charge in [0.1, 0.15) is 41.5 Å². The molecule has 74 heavy (non-hydrogen) atoms. The van der Waals surface area contributed by atoms with Gasteiger partial charge in [0.15, 0.2) is 0 Å². The van der Waals surface area contributed by atoms with Gasteiger partial charge >= 0.3 is 0 Å². The third-order valence-corrected chi connectivity index (χ3v) is 23.4. The van der Waals surface area contributed by atoms with E-state index in [2.05, 4.69) is 135 Å². The largest absolute Gasteiger partial charge is 0.377 e. The SMILES string of the molecule is CC(=C(C#N)C#N)c1ccc(-c2ccc(-c3cc(C4NCC5C=C4/C=C/COCCCC/C=C/CCCCOC4C=C(CC4)/N=N/5)c(C4SC(C5CCC(C(C)CCC(C)C(C)=C(C#N)C#N)S5)CC4C)s3)s2)s1. The maximum absolute atomic E-state index is 9.55. The summed E-state index contributed by atoms with van der Waals surface area (Å²) in [5, 5.41) is 54.0. The molecule has 8 rings (SSSR count). The molecule has 2 saturated heterocycles. The van der Waals surface area contributed by atoms with E-state index >= 15 is 0 Å². The van der Waals surface area contributed by atoms with Gasteiger partial charge in [-0.15, -0.1) is 45.8 Å². The average Bonchev–Trinajstić information content (AvgIpc) is 4.28. The summed E-state index contributed by atoms with van der Waals surface area (Å²) >= 11 is 9.85. The summed E-state index contributed by atoms with van der Waals surface area (Å²) in [5.41, 5.74) is 5.61. The van der Waals surface area contributed by atoms with Gasteiger partial charge in [0.05, 0.1) is 24.4 Å². The van der Waals surface area contributed by atoms with Gasteiger partial charge in [0.2, 0.25) is 0 Å². The Bertz CT molecular complexity index is 2780. The first-order chi connectivity index (χ1) is 36.1. The number of ether oxygens (including phenoxy) is 2. The van der Waals surface area contributed by atoms with Crippen LogP contribution in [0.4, 0.5) is 0 Å². The lowest BCUT2D eigenvalue weighted by Gasteiger charge is -2.29. The summed E-state index contributed by atoms with van der Waals surface area (Å²) in [6.07, 6.45) is 27.9. The Labute approximate surface area is 461 Å². The fourth-order valence-electron chi connectivity index (χ4n) is 10.7. The van der Waals surface area contributed by atoms with Crippen LogP contribution in [-0.4, -0.2) is 54.3 Å². The zero-order chi connectivity index (χ0) is 52.0. The molecule has 0 saturated carbocycles. The van der Waals surface area contributed by atoms with E-state index in [1.54, 1.807) is 11.3 Å². The van der Waals surface area contributed by atoms with Gasteiger partial charge in [-0.3, -0.25) is 0 Å². The summed E-state index contributed by atoms with van der Waals surface area (Å²) in [5.74, 6) is 1.30. The maximum atomic E-state index is 9.55. The fraction of sp³-hybridized carbons (Fsp3) is 0.533. The maximum Gasteiger partial charge on any atom is 0.133 e. The van der Waals surface area contributed by atoms with Crippen molar-refractivity contribution in [3.63, 3.8) is 0 Å². The van der Waals surface area contributed by atoms with E-state index in [0.717, 1.165) is 104 Å². The van der Waals surface area contributed by atoms with Gasteiger partial charge in [0.25, 0.3) is 0 Å². The molecule has 10 unspecified atom stereocenters. The minimum Gasteiger partial charge on any atom is -0.377 e. The molecular weight excluding hydrogens is 1010 g/mol. The fourth-order valence-corrected chi connectivity index (χ4v) is 18.3. The van der Waals surface area contributed by atoms with Crippen molar-refractivity contribution in [3.05, 3.63) is 110 Å². The Morgan fingerprint density at radius 1 is 0.784 bits per heavy atom. The number of thiophene rings is 3. The molecule has 3 aromatic rings. The van der Waals surface area contributed by atoms with Crippen molar-refractivity contribution in [2.24, 2.45) is 28.0 Å². The van der Waals surface area contributed by atoms with Gasteiger partial charge in [-0.05, 0) is 174 Å². The molecule has 10 atom stereocenters. The van der Waals surface area contributed by atoms with Crippen LogP contribution in [0.25, 0.3) is 25.1 Å². The Morgan fingerprint density at radius 3 is 2.28 bits per heavy atom. The van der Waals surface area contributed by atoms with E-state index in [4.69, 9.17) is 19.7 Å². The second kappa shape index (κ2) is 27.6. The quantitative estimate of drug-likeness (QED) is 0.146. The first kappa shape index (κ1) is 55.9. The highest BCUT2D eigenvalue weighted by atomic mass is 32.2. The molecule has 388 valence electrons. The lowest BCUT2D eigenvalue weighted by molar-refractivity contribution is 0.0825. The smallest absolute Gasteiger partial charge is 0.133 e. The van der Waals surface area contributed by atoms with Crippen molar-refractivity contribution in [2.75, 3.05) is 26.4 Å². The van der Waals surface area contributed by atoms with Crippen LogP contribution in [0, 0.1) is 63.1 Å². The highest BCUT2D eigenvalue weighted by Gasteiger charge is 2.43. The summed E-state index contributed by atoms with van der Waals surface area (Å²) in [6.45, 7) is 13.6. The predicted molar refractivity (Wildman–Crippen MR) is 310 cm³/mol. The molecule has 3 aromatic heterocycles. The summed E-state index contributed by atoms with van der Waals surface area (Å²) in [7, 11) is 0. The lowest BCUT2D eigenvalue weighted by atomic mass is 9.88. The first-order valence-corrected chi connectivity index (χ1v) is 31.2. The zero-order valence-corrected chi connectivity index (χ0v) is 47.8. The number of nitriles is 4. The molecule has 0 spiro atoms. The molecule has 4 bridgehead atoms. The summed E-state index contributed by atoms with van der Waals surface area (Å²) < 4.78 is 12.4. The zero-order valence-electron chi connectivity index (χ0n) is 43.7. The molecule has 0 aromatic carbocycles. The first-order valence-electron chi connectivity index (χ1n) is 26.8. The van der Waals surface area contributed by atoms with E-state index in [1.165, 1.54) is 49.9 Å². The van der Waals surface area contributed by atoms with E-state index in [1.807, 2.05) is 42.6 Å². The second-order valence-corrected chi connectivity index (χ2v) is 26.8. The van der Waals surface area contributed by atoms with Gasteiger partial charge in [0, 0.05) is 70.0 Å². The minimum absolute atomic E-state index is 0.0258. The highest BCUT2D eigenvalue weighted by molar-refractivity contribution is 8.04. The monoisotopic (exact) mass is 1080 g/mol. The number of nitrogens with zero attached hydrogens (tertiary/aromatic N) is 6. The van der Waals surface area contributed by atoms with Crippen LogP contribution < -0.4 is 5.32 Å². The van der Waals surface area contributed by atoms with Crippen molar-refractivity contribution in [2.45, 2.75) is 157 Å². The standard InChI is InChI=1S/C60H71N7O2S5/c1-38(41(4)44(33-61)34-62)16-17-39(2)50-20-22-54(70-50)56-29-40(3)59(73-56)60-49(32-57(74-60)55-25-24-53(72-55)52-23-21-51(71-52)42(5)45(35-63)36-64)58-43-15-14-27-68-26-12-10-8-6-7-9-11-13-28-69-48-19-18-46(31-48)66-67-47(30-43)37-65-58/h6-7,14-15,21,23-25,30-32,38-40,47-48,50,54,56,58-59,65H,8-13,16-20,22,26-29,37H2,1-5H3/b7-6+,15-14+,67-66+. The molecule has 9 nitrogen and oxygen atoms in total. The number of rotatable bonds is 11. The van der Waals surface area contributed by atoms with Gasteiger partial charge in [-0.1, -0.05) is 51.2 Å². The lowest BCUT2D eigenvalue weighted by Crippen LogP contribution is -2.34. The number of hydrogen-bond donors (Lipinski definition) is 1. The van der Waals surface area contributed by atoms with Crippen molar-refractivity contribution >= 4 is 63.1 Å². The number of azo groups is 1. The Morgan fingerprint density at radius 2 is 1.51 bits per heavy atom. The van der Waals surface area contributed by atoms with Crippen molar-refractivity contribution < 1.29 is 9.47 Å². The molecule has 7 heterocycles. The van der Waals surface area contributed by atoms with Crippen LogP contribution in [0.15, 0.2) is 105 Å². The van der Waals surface area contributed by atoms with Crippen LogP contribution in [-0.2, 0) is 9.47 Å². The van der Waals surface area contributed by atoms with Gasteiger partial charge in [-0.25, -0.2) is 0 Å². The van der Waals surface area contributed by atoms with E-state index in [-0.39, 0.29) is 35.3 Å². The van der Waals surface area contributed by atoms with Gasteiger partial charge in [-0.2, -0.15) is 43.0 Å². The summed E-state index contributed by atoms with van der Waals surface area (Å²) in [6, 6.07) is 19.3. The van der Waals surface area contributed by atoms with E-state index < -0.39 is 0 Å².